The monoisotopic (exact) mass is 496 g/mol. The van der Waals surface area contributed by atoms with Crippen LogP contribution < -0.4 is 20.7 Å². The van der Waals surface area contributed by atoms with Crippen LogP contribution in [0.5, 0.6) is 5.75 Å². The fourth-order valence-electron chi connectivity index (χ4n) is 7.54. The average Bonchev–Trinajstić information content (AvgIpc) is 2.83. The summed E-state index contributed by atoms with van der Waals surface area (Å²) in [4.78, 5) is 39.6. The zero-order valence-electron chi connectivity index (χ0n) is 21.4. The van der Waals surface area contributed by atoms with Crippen LogP contribution in [0.4, 0.5) is 4.79 Å². The molecule has 1 aromatic rings. The fraction of sp³-hybridized carbons (Fsp3) is 0.679. The summed E-state index contributed by atoms with van der Waals surface area (Å²) in [5, 5.41) is 9.28. The third kappa shape index (κ3) is 5.79. The summed E-state index contributed by atoms with van der Waals surface area (Å²) in [5.74, 6) is 3.11. The molecule has 6 rings (SSSR count). The van der Waals surface area contributed by atoms with Crippen molar-refractivity contribution in [3.05, 3.63) is 29.8 Å². The number of ether oxygens (including phenoxy) is 1. The van der Waals surface area contributed by atoms with Gasteiger partial charge in [0.15, 0.2) is 0 Å². The molecule has 8 nitrogen and oxygen atoms in total. The molecule has 8 heteroatoms. The van der Waals surface area contributed by atoms with E-state index in [1.54, 1.807) is 7.11 Å². The van der Waals surface area contributed by atoms with Gasteiger partial charge in [-0.1, -0.05) is 18.2 Å². The Kier molecular flexibility index (Phi) is 7.39. The maximum absolute atomic E-state index is 12.7. The maximum Gasteiger partial charge on any atom is 0.315 e. The predicted octanol–water partition coefficient (Wildman–Crippen LogP) is 3.00. The summed E-state index contributed by atoms with van der Waals surface area (Å²) in [5.41, 5.74) is 0.873. The Hall–Kier alpha value is -2.77. The molecule has 4 bridgehead atoms. The molecule has 1 heterocycles. The van der Waals surface area contributed by atoms with Crippen molar-refractivity contribution in [2.45, 2.75) is 75.8 Å². The quantitative estimate of drug-likeness (QED) is 0.515. The van der Waals surface area contributed by atoms with Gasteiger partial charge in [-0.05, 0) is 75.2 Å². The Morgan fingerprint density at radius 2 is 1.64 bits per heavy atom. The largest absolute Gasteiger partial charge is 0.496 e. The molecule has 36 heavy (non-hydrogen) atoms. The van der Waals surface area contributed by atoms with E-state index in [1.807, 2.05) is 29.2 Å². The lowest BCUT2D eigenvalue weighted by Crippen LogP contribution is -2.61. The Balaban J connectivity index is 0.984. The highest BCUT2D eigenvalue weighted by atomic mass is 16.5. The number of nitrogens with one attached hydrogen (secondary N) is 3. The van der Waals surface area contributed by atoms with E-state index in [1.165, 1.54) is 19.3 Å². The van der Waals surface area contributed by atoms with Gasteiger partial charge in [0.05, 0.1) is 13.5 Å². The molecular weight excluding hydrogens is 456 g/mol. The van der Waals surface area contributed by atoms with Gasteiger partial charge >= 0.3 is 6.03 Å². The predicted molar refractivity (Wildman–Crippen MR) is 136 cm³/mol. The van der Waals surface area contributed by atoms with Crippen molar-refractivity contribution in [2.24, 2.45) is 17.8 Å². The van der Waals surface area contributed by atoms with Gasteiger partial charge in [0.1, 0.15) is 5.75 Å². The second-order valence-electron chi connectivity index (χ2n) is 11.5. The van der Waals surface area contributed by atoms with Gasteiger partial charge in [-0.15, -0.1) is 0 Å². The highest BCUT2D eigenvalue weighted by molar-refractivity contribution is 5.80. The molecule has 1 aliphatic heterocycles. The number of methoxy groups -OCH3 is 1. The molecule has 0 radical (unpaired) electrons. The van der Waals surface area contributed by atoms with Crippen molar-refractivity contribution in [3.63, 3.8) is 0 Å². The van der Waals surface area contributed by atoms with E-state index in [0.717, 1.165) is 61.2 Å². The Labute approximate surface area is 213 Å². The van der Waals surface area contributed by atoms with E-state index in [-0.39, 0.29) is 35.8 Å². The minimum atomic E-state index is -0.133. The first-order valence-electron chi connectivity index (χ1n) is 13.7. The topological polar surface area (TPSA) is 99.8 Å². The Morgan fingerprint density at radius 3 is 2.28 bits per heavy atom. The van der Waals surface area contributed by atoms with Gasteiger partial charge < -0.3 is 25.6 Å². The number of hydrogen-bond acceptors (Lipinski definition) is 4. The number of carbonyl (C=O) groups is 3. The zero-order chi connectivity index (χ0) is 25.1. The number of amides is 4. The number of urea groups is 1. The first-order valence-corrected chi connectivity index (χ1v) is 13.7. The first kappa shape index (κ1) is 24.9. The summed E-state index contributed by atoms with van der Waals surface area (Å²) in [6, 6.07) is 7.52. The van der Waals surface area contributed by atoms with E-state index in [4.69, 9.17) is 4.74 Å². The number of rotatable bonds is 8. The Morgan fingerprint density at radius 1 is 1.00 bits per heavy atom. The molecule has 0 atom stereocenters. The van der Waals surface area contributed by atoms with Gasteiger partial charge in [0, 0.05) is 43.2 Å². The molecule has 0 unspecified atom stereocenters. The van der Waals surface area contributed by atoms with Crippen molar-refractivity contribution >= 4 is 17.8 Å². The van der Waals surface area contributed by atoms with Crippen LogP contribution in [-0.2, 0) is 16.0 Å². The number of likely N-dealkylation sites (tertiary alicyclic amines) is 1. The SMILES string of the molecule is COc1ccccc1CC(=O)N1CCC(NC(=O)CCNC(=O)NC23CC4CC(CC(C4)C2)C3)CC1. The normalized spacial score (nSPS) is 29.0. The third-order valence-corrected chi connectivity index (χ3v) is 8.80. The van der Waals surface area contributed by atoms with Gasteiger partial charge in [0.2, 0.25) is 11.8 Å². The van der Waals surface area contributed by atoms with E-state index in [9.17, 15) is 14.4 Å². The summed E-state index contributed by atoms with van der Waals surface area (Å²) < 4.78 is 5.35. The number of piperidine rings is 1. The number of nitrogens with zero attached hydrogens (tertiary/aromatic N) is 1. The van der Waals surface area contributed by atoms with Crippen LogP contribution >= 0.6 is 0 Å². The van der Waals surface area contributed by atoms with Crippen molar-refractivity contribution in [1.82, 2.24) is 20.9 Å². The molecule has 5 aliphatic rings. The highest BCUT2D eigenvalue weighted by Gasteiger charge is 2.51. The van der Waals surface area contributed by atoms with Gasteiger partial charge in [-0.25, -0.2) is 4.79 Å². The first-order chi connectivity index (χ1) is 17.4. The van der Waals surface area contributed by atoms with Crippen LogP contribution in [-0.4, -0.2) is 61.1 Å². The fourth-order valence-corrected chi connectivity index (χ4v) is 7.54. The number of carbonyl (C=O) groups excluding carboxylic acids is 3. The lowest BCUT2D eigenvalue weighted by Gasteiger charge is -2.56. The number of para-hydroxylation sites is 1. The summed E-state index contributed by atoms with van der Waals surface area (Å²) >= 11 is 0. The van der Waals surface area contributed by atoms with Crippen LogP contribution in [0.25, 0.3) is 0 Å². The molecule has 1 saturated heterocycles. The van der Waals surface area contributed by atoms with Crippen molar-refractivity contribution < 1.29 is 19.1 Å². The van der Waals surface area contributed by atoms with Gasteiger partial charge in [-0.2, -0.15) is 0 Å². The molecule has 3 N–H and O–H groups in total. The van der Waals surface area contributed by atoms with Crippen LogP contribution in [0.1, 0.15) is 63.4 Å². The molecule has 4 aliphatic carbocycles. The molecule has 4 saturated carbocycles. The summed E-state index contributed by atoms with van der Waals surface area (Å²) in [7, 11) is 1.61. The molecule has 0 spiro atoms. The van der Waals surface area contributed by atoms with Crippen molar-refractivity contribution in [2.75, 3.05) is 26.7 Å². The minimum Gasteiger partial charge on any atom is -0.496 e. The second kappa shape index (κ2) is 10.7. The van der Waals surface area contributed by atoms with E-state index < -0.39 is 0 Å². The van der Waals surface area contributed by atoms with Gasteiger partial charge in [0.25, 0.3) is 0 Å². The maximum atomic E-state index is 12.7. The molecule has 196 valence electrons. The Bertz CT molecular complexity index is 937. The summed E-state index contributed by atoms with van der Waals surface area (Å²) in [6.45, 7) is 1.59. The molecule has 0 aromatic heterocycles. The van der Waals surface area contributed by atoms with Crippen molar-refractivity contribution in [1.29, 1.82) is 0 Å². The van der Waals surface area contributed by atoms with Crippen molar-refractivity contribution in [3.8, 4) is 5.75 Å². The lowest BCUT2D eigenvalue weighted by atomic mass is 9.53. The molecular formula is C28H40N4O4. The van der Waals surface area contributed by atoms with E-state index in [2.05, 4.69) is 16.0 Å². The highest BCUT2D eigenvalue weighted by Crippen LogP contribution is 2.55. The molecule has 5 fully saturated rings. The number of hydrogen-bond donors (Lipinski definition) is 3. The molecule has 4 amide bonds. The second-order valence-corrected chi connectivity index (χ2v) is 11.5. The van der Waals surface area contributed by atoms with Crippen LogP contribution in [0, 0.1) is 17.8 Å². The molecule has 1 aromatic carbocycles. The summed E-state index contributed by atoms with van der Waals surface area (Å²) in [6.07, 6.45) is 9.45. The third-order valence-electron chi connectivity index (χ3n) is 8.80. The zero-order valence-corrected chi connectivity index (χ0v) is 21.4. The smallest absolute Gasteiger partial charge is 0.315 e. The van der Waals surface area contributed by atoms with Crippen LogP contribution in [0.15, 0.2) is 24.3 Å². The van der Waals surface area contributed by atoms with E-state index >= 15 is 0 Å². The average molecular weight is 497 g/mol. The lowest BCUT2D eigenvalue weighted by molar-refractivity contribution is -0.131. The minimum absolute atomic E-state index is 0.0157. The van der Waals surface area contributed by atoms with Gasteiger partial charge in [-0.3, -0.25) is 9.59 Å². The number of benzene rings is 1. The standard InChI is InChI=1S/C28H40N4O4/c1-36-24-5-3-2-4-22(24)15-26(34)32-10-7-23(8-11-32)30-25(33)6-9-29-27(35)31-28-16-19-12-20(17-28)14-21(13-19)18-28/h2-5,19-21,23H,6-18H2,1H3,(H,30,33)(H2,29,31,35). The van der Waals surface area contributed by atoms with E-state index in [0.29, 0.717) is 26.1 Å². The van der Waals surface area contributed by atoms with Crippen LogP contribution in [0.2, 0.25) is 0 Å². The van der Waals surface area contributed by atoms with Crippen LogP contribution in [0.3, 0.4) is 0 Å².